The minimum absolute atomic E-state index is 0.00609. The van der Waals surface area contributed by atoms with Gasteiger partial charge in [-0.15, -0.1) is 0 Å². The zero-order valence-electron chi connectivity index (χ0n) is 19.7. The van der Waals surface area contributed by atoms with E-state index in [1.165, 1.54) is 19.2 Å². The third kappa shape index (κ3) is 4.14. The van der Waals surface area contributed by atoms with Crippen LogP contribution < -0.4 is 9.64 Å². The first kappa shape index (κ1) is 22.4. The van der Waals surface area contributed by atoms with Gasteiger partial charge in [-0.3, -0.25) is 9.58 Å². The molecule has 178 valence electrons. The average molecular weight is 465 g/mol. The number of fused-ring (bicyclic) bond motifs is 1. The second-order valence-corrected chi connectivity index (χ2v) is 9.14. The van der Waals surface area contributed by atoms with Crippen LogP contribution in [0.1, 0.15) is 31.4 Å². The molecule has 1 saturated heterocycles. The first-order chi connectivity index (χ1) is 16.4. The van der Waals surface area contributed by atoms with Gasteiger partial charge in [0.05, 0.1) is 25.0 Å². The van der Waals surface area contributed by atoms with Gasteiger partial charge >= 0.3 is 6.09 Å². The molecule has 0 aliphatic carbocycles. The van der Waals surface area contributed by atoms with Gasteiger partial charge in [0.25, 0.3) is 0 Å². The number of benzene rings is 2. The van der Waals surface area contributed by atoms with Crippen molar-refractivity contribution in [3.63, 3.8) is 0 Å². The summed E-state index contributed by atoms with van der Waals surface area (Å²) in [4.78, 5) is 16.6. The van der Waals surface area contributed by atoms with Crippen molar-refractivity contribution in [3.8, 4) is 22.6 Å². The Labute approximate surface area is 198 Å². The minimum atomic E-state index is -0.396. The molecule has 0 radical (unpaired) electrons. The van der Waals surface area contributed by atoms with Crippen LogP contribution in [0.15, 0.2) is 48.8 Å². The van der Waals surface area contributed by atoms with Gasteiger partial charge in [-0.1, -0.05) is 0 Å². The first-order valence-corrected chi connectivity index (χ1v) is 11.6. The third-order valence-corrected chi connectivity index (χ3v) is 6.81. The predicted molar refractivity (Wildman–Crippen MR) is 128 cm³/mol. The number of likely N-dealkylation sites (N-methyl/N-ethyl adjacent to an activating group) is 1. The van der Waals surface area contributed by atoms with Crippen molar-refractivity contribution in [1.29, 1.82) is 0 Å². The van der Waals surface area contributed by atoms with Crippen LogP contribution in [0.3, 0.4) is 0 Å². The normalized spacial score (nSPS) is 20.3. The zero-order valence-corrected chi connectivity index (χ0v) is 19.7. The molecule has 0 bridgehead atoms. The highest BCUT2D eigenvalue weighted by atomic mass is 19.1. The van der Waals surface area contributed by atoms with Crippen molar-refractivity contribution in [3.05, 3.63) is 60.2 Å². The van der Waals surface area contributed by atoms with Crippen molar-refractivity contribution >= 4 is 11.8 Å². The molecule has 0 spiro atoms. The summed E-state index contributed by atoms with van der Waals surface area (Å²) >= 11 is 0. The molecular formula is C26H29FN4O3. The van der Waals surface area contributed by atoms with Crippen molar-refractivity contribution in [2.24, 2.45) is 0 Å². The van der Waals surface area contributed by atoms with Crippen LogP contribution in [0.2, 0.25) is 0 Å². The van der Waals surface area contributed by atoms with Crippen LogP contribution in [0.4, 0.5) is 14.9 Å². The van der Waals surface area contributed by atoms with Gasteiger partial charge in [0, 0.05) is 35.5 Å². The number of carbonyl (C=O) groups excluding carboxylic acids is 1. The van der Waals surface area contributed by atoms with Gasteiger partial charge in [0.15, 0.2) is 0 Å². The van der Waals surface area contributed by atoms with E-state index in [4.69, 9.17) is 9.47 Å². The van der Waals surface area contributed by atoms with E-state index >= 15 is 0 Å². The molecule has 2 atom stereocenters. The Hall–Kier alpha value is -3.39. The van der Waals surface area contributed by atoms with Gasteiger partial charge in [-0.2, -0.15) is 5.10 Å². The molecule has 2 aliphatic rings. The molecule has 0 N–H and O–H groups in total. The van der Waals surface area contributed by atoms with Crippen molar-refractivity contribution in [2.45, 2.75) is 38.3 Å². The smallest absolute Gasteiger partial charge is 0.414 e. The number of hydrogen-bond donors (Lipinski definition) is 0. The van der Waals surface area contributed by atoms with Crippen LogP contribution in [0.25, 0.3) is 11.1 Å². The Morgan fingerprint density at radius 2 is 1.94 bits per heavy atom. The summed E-state index contributed by atoms with van der Waals surface area (Å²) in [7, 11) is 3.51. The molecule has 8 heteroatoms. The Bertz CT molecular complexity index is 1190. The Kier molecular flexibility index (Phi) is 6.00. The predicted octanol–water partition coefficient (Wildman–Crippen LogP) is 5.27. The maximum atomic E-state index is 13.5. The van der Waals surface area contributed by atoms with Crippen LogP contribution in [-0.4, -0.2) is 54.1 Å². The highest BCUT2D eigenvalue weighted by Gasteiger charge is 2.32. The number of hydrogen-bond acceptors (Lipinski definition) is 5. The zero-order chi connectivity index (χ0) is 23.8. The lowest BCUT2D eigenvalue weighted by atomic mass is 9.92. The van der Waals surface area contributed by atoms with Crippen LogP contribution in [-0.2, 0) is 11.2 Å². The van der Waals surface area contributed by atoms with Crippen molar-refractivity contribution in [2.75, 3.05) is 32.1 Å². The first-order valence-electron chi connectivity index (χ1n) is 11.6. The van der Waals surface area contributed by atoms with Gasteiger partial charge < -0.3 is 14.4 Å². The number of ether oxygens (including phenoxy) is 2. The summed E-state index contributed by atoms with van der Waals surface area (Å²) in [6, 6.07) is 10.2. The molecule has 0 saturated carbocycles. The van der Waals surface area contributed by atoms with E-state index in [1.807, 2.05) is 29.9 Å². The molecule has 1 fully saturated rings. The molecule has 3 aromatic rings. The SMILES string of the molecule is COC(=O)N1c2ccc(-c3cnn(C4CCN(C)C4)c3)c(Oc3ccc(F)cc3)c2CCC1C. The van der Waals surface area contributed by atoms with Gasteiger partial charge in [0.2, 0.25) is 0 Å². The third-order valence-electron chi connectivity index (χ3n) is 6.81. The van der Waals surface area contributed by atoms with Crippen molar-refractivity contribution < 1.29 is 18.7 Å². The monoisotopic (exact) mass is 464 g/mol. The molecule has 1 aromatic heterocycles. The van der Waals surface area contributed by atoms with Gasteiger partial charge in [-0.25, -0.2) is 9.18 Å². The number of halogens is 1. The largest absolute Gasteiger partial charge is 0.456 e. The van der Waals surface area contributed by atoms with Crippen LogP contribution in [0, 0.1) is 5.82 Å². The summed E-state index contributed by atoms with van der Waals surface area (Å²) in [5, 5.41) is 4.65. The number of rotatable bonds is 4. The highest BCUT2D eigenvalue weighted by molar-refractivity contribution is 5.92. The van der Waals surface area contributed by atoms with Crippen molar-refractivity contribution in [1.82, 2.24) is 14.7 Å². The summed E-state index contributed by atoms with van der Waals surface area (Å²) < 4.78 is 27.0. The van der Waals surface area contributed by atoms with E-state index < -0.39 is 6.09 Å². The quantitative estimate of drug-likeness (QED) is 0.527. The number of methoxy groups -OCH3 is 1. The summed E-state index contributed by atoms with van der Waals surface area (Å²) in [5.41, 5.74) is 3.53. The number of aromatic nitrogens is 2. The van der Waals surface area contributed by atoms with E-state index in [0.717, 1.165) is 54.7 Å². The van der Waals surface area contributed by atoms with Gasteiger partial charge in [-0.05, 0) is 76.2 Å². The number of nitrogens with zero attached hydrogens (tertiary/aromatic N) is 4. The van der Waals surface area contributed by atoms with E-state index in [2.05, 4.69) is 23.2 Å². The molecule has 2 unspecified atom stereocenters. The second kappa shape index (κ2) is 9.10. The fourth-order valence-electron chi connectivity index (χ4n) is 4.95. The molecular weight excluding hydrogens is 435 g/mol. The Morgan fingerprint density at radius 1 is 1.15 bits per heavy atom. The van der Waals surface area contributed by atoms with E-state index in [-0.39, 0.29) is 11.9 Å². The fraction of sp³-hybridized carbons (Fsp3) is 0.385. The molecule has 1 amide bonds. The van der Waals surface area contributed by atoms with E-state index in [0.29, 0.717) is 17.5 Å². The number of anilines is 1. The molecule has 2 aliphatic heterocycles. The molecule has 3 heterocycles. The molecule has 7 nitrogen and oxygen atoms in total. The lowest BCUT2D eigenvalue weighted by molar-refractivity contribution is 0.175. The number of likely N-dealkylation sites (tertiary alicyclic amines) is 1. The Morgan fingerprint density at radius 3 is 2.65 bits per heavy atom. The lowest BCUT2D eigenvalue weighted by Gasteiger charge is -2.35. The Balaban J connectivity index is 1.59. The van der Waals surface area contributed by atoms with E-state index in [9.17, 15) is 9.18 Å². The number of carbonyl (C=O) groups is 1. The number of amides is 1. The summed E-state index contributed by atoms with van der Waals surface area (Å²) in [5.74, 6) is 0.869. The minimum Gasteiger partial charge on any atom is -0.456 e. The molecule has 5 rings (SSSR count). The maximum Gasteiger partial charge on any atom is 0.414 e. The van der Waals surface area contributed by atoms with Crippen LogP contribution >= 0.6 is 0 Å². The summed E-state index contributed by atoms with van der Waals surface area (Å²) in [6.45, 7) is 4.03. The summed E-state index contributed by atoms with van der Waals surface area (Å²) in [6.07, 6.45) is 6.11. The second-order valence-electron chi connectivity index (χ2n) is 9.14. The topological polar surface area (TPSA) is 59.8 Å². The average Bonchev–Trinajstić information content (AvgIpc) is 3.49. The molecule has 2 aromatic carbocycles. The maximum absolute atomic E-state index is 13.5. The van der Waals surface area contributed by atoms with Gasteiger partial charge in [0.1, 0.15) is 17.3 Å². The fourth-order valence-corrected chi connectivity index (χ4v) is 4.95. The van der Waals surface area contributed by atoms with E-state index in [1.54, 1.807) is 17.0 Å². The van der Waals surface area contributed by atoms with Crippen LogP contribution in [0.5, 0.6) is 11.5 Å². The standard InChI is InChI=1S/C26H29FN4O3/c1-17-4-9-23-24(31(17)26(32)33-3)11-10-22(25(23)34-21-7-5-19(27)6-8-21)18-14-28-30(15-18)20-12-13-29(2)16-20/h5-8,10-11,14-15,17,20H,4,9,12-13,16H2,1-3H3. The highest BCUT2D eigenvalue weighted by Crippen LogP contribution is 2.45. The lowest BCUT2D eigenvalue weighted by Crippen LogP contribution is -2.42. The molecule has 34 heavy (non-hydrogen) atoms.